The number of phenols is 2. The molecule has 1 fully saturated rings. The Bertz CT molecular complexity index is 575. The number of amides is 1. The third-order valence-electron chi connectivity index (χ3n) is 3.13. The van der Waals surface area contributed by atoms with Crippen LogP contribution in [0.1, 0.15) is 5.56 Å². The van der Waals surface area contributed by atoms with Crippen LogP contribution in [-0.2, 0) is 9.53 Å². The van der Waals surface area contributed by atoms with E-state index in [-0.39, 0.29) is 17.4 Å². The standard InChI is InChI=1S/C15H18N2O4/c16-12-10-14(19)13(18)9-11(12)3-1-2-4-15(20)17-5-7-21-8-6-17/h1-4,9-10,18-19H,5-8,16H2/b3-1+,4-2+. The van der Waals surface area contributed by atoms with E-state index >= 15 is 0 Å². The summed E-state index contributed by atoms with van der Waals surface area (Å²) >= 11 is 0. The molecule has 0 aliphatic carbocycles. The highest BCUT2D eigenvalue weighted by atomic mass is 16.5. The van der Waals surface area contributed by atoms with Crippen molar-refractivity contribution in [1.82, 2.24) is 4.90 Å². The lowest BCUT2D eigenvalue weighted by atomic mass is 10.1. The summed E-state index contributed by atoms with van der Waals surface area (Å²) in [5.41, 5.74) is 6.62. The zero-order valence-corrected chi connectivity index (χ0v) is 11.5. The fraction of sp³-hybridized carbons (Fsp3) is 0.267. The molecule has 1 saturated heterocycles. The molecule has 0 unspecified atom stereocenters. The van der Waals surface area contributed by atoms with E-state index in [4.69, 9.17) is 10.5 Å². The average Bonchev–Trinajstić information content (AvgIpc) is 2.49. The van der Waals surface area contributed by atoms with Crippen molar-refractivity contribution in [3.63, 3.8) is 0 Å². The van der Waals surface area contributed by atoms with Gasteiger partial charge in [-0.05, 0) is 6.07 Å². The van der Waals surface area contributed by atoms with Crippen molar-refractivity contribution >= 4 is 17.7 Å². The molecule has 0 bridgehead atoms. The van der Waals surface area contributed by atoms with Crippen LogP contribution >= 0.6 is 0 Å². The van der Waals surface area contributed by atoms with Crippen LogP contribution in [0.15, 0.2) is 30.4 Å². The second kappa shape index (κ2) is 6.81. The third kappa shape index (κ3) is 4.00. The Hall–Kier alpha value is -2.47. The fourth-order valence-corrected chi connectivity index (χ4v) is 1.94. The van der Waals surface area contributed by atoms with Crippen molar-refractivity contribution in [2.75, 3.05) is 32.0 Å². The summed E-state index contributed by atoms with van der Waals surface area (Å²) < 4.78 is 5.18. The smallest absolute Gasteiger partial charge is 0.246 e. The SMILES string of the molecule is Nc1cc(O)c(O)cc1/C=C/C=C/C(=O)N1CCOCC1. The summed E-state index contributed by atoms with van der Waals surface area (Å²) in [4.78, 5) is 13.5. The van der Waals surface area contributed by atoms with E-state index in [1.807, 2.05) is 0 Å². The molecule has 112 valence electrons. The molecule has 4 N–H and O–H groups in total. The topological polar surface area (TPSA) is 96.0 Å². The maximum atomic E-state index is 11.8. The van der Waals surface area contributed by atoms with E-state index in [1.165, 1.54) is 18.2 Å². The fourth-order valence-electron chi connectivity index (χ4n) is 1.94. The van der Waals surface area contributed by atoms with Gasteiger partial charge in [0.25, 0.3) is 0 Å². The lowest BCUT2D eigenvalue weighted by molar-refractivity contribution is -0.129. The minimum absolute atomic E-state index is 0.0653. The van der Waals surface area contributed by atoms with E-state index in [0.717, 1.165) is 0 Å². The van der Waals surface area contributed by atoms with Gasteiger partial charge in [0.2, 0.25) is 5.91 Å². The Balaban J connectivity index is 1.97. The van der Waals surface area contributed by atoms with E-state index < -0.39 is 0 Å². The lowest BCUT2D eigenvalue weighted by Gasteiger charge is -2.25. The molecule has 1 aromatic rings. The van der Waals surface area contributed by atoms with Crippen molar-refractivity contribution in [1.29, 1.82) is 0 Å². The minimum atomic E-state index is -0.261. The van der Waals surface area contributed by atoms with Gasteiger partial charge in [-0.15, -0.1) is 0 Å². The summed E-state index contributed by atoms with van der Waals surface area (Å²) in [6, 6.07) is 2.64. The number of nitrogen functional groups attached to an aromatic ring is 1. The second-order valence-electron chi connectivity index (χ2n) is 4.63. The predicted molar refractivity (Wildman–Crippen MR) is 79.8 cm³/mol. The molecule has 1 amide bonds. The molecule has 1 aliphatic heterocycles. The first-order valence-corrected chi connectivity index (χ1v) is 6.61. The second-order valence-corrected chi connectivity index (χ2v) is 4.63. The number of carbonyl (C=O) groups excluding carboxylic acids is 1. The number of benzene rings is 1. The number of morpholine rings is 1. The van der Waals surface area contributed by atoms with Gasteiger partial charge in [-0.2, -0.15) is 0 Å². The van der Waals surface area contributed by atoms with Crippen molar-refractivity contribution in [3.05, 3.63) is 35.9 Å². The summed E-state index contributed by atoms with van der Waals surface area (Å²) in [6.45, 7) is 2.34. The number of anilines is 1. The van der Waals surface area contributed by atoms with Gasteiger partial charge in [-0.1, -0.05) is 18.2 Å². The molecule has 0 radical (unpaired) electrons. The molecule has 0 saturated carbocycles. The van der Waals surface area contributed by atoms with Crippen LogP contribution in [0.2, 0.25) is 0 Å². The van der Waals surface area contributed by atoms with Gasteiger partial charge in [0.05, 0.1) is 13.2 Å². The number of phenolic OH excluding ortho intramolecular Hbond substituents is 2. The molecule has 1 heterocycles. The summed E-state index contributed by atoms with van der Waals surface area (Å²) in [7, 11) is 0. The predicted octanol–water partition coefficient (Wildman–Crippen LogP) is 1.11. The number of allylic oxidation sites excluding steroid dienone is 2. The van der Waals surface area contributed by atoms with Gasteiger partial charge in [0.15, 0.2) is 11.5 Å². The third-order valence-corrected chi connectivity index (χ3v) is 3.13. The Labute approximate surface area is 122 Å². The number of aromatic hydroxyl groups is 2. The van der Waals surface area contributed by atoms with Gasteiger partial charge < -0.3 is 25.6 Å². The van der Waals surface area contributed by atoms with Crippen LogP contribution in [0.4, 0.5) is 5.69 Å². The van der Waals surface area contributed by atoms with Crippen molar-refractivity contribution in [3.8, 4) is 11.5 Å². The van der Waals surface area contributed by atoms with Crippen LogP contribution in [-0.4, -0.2) is 47.3 Å². The molecule has 6 nitrogen and oxygen atoms in total. The van der Waals surface area contributed by atoms with E-state index in [0.29, 0.717) is 37.6 Å². The highest BCUT2D eigenvalue weighted by molar-refractivity contribution is 5.88. The Morgan fingerprint density at radius 1 is 1.19 bits per heavy atom. The van der Waals surface area contributed by atoms with Gasteiger partial charge >= 0.3 is 0 Å². The van der Waals surface area contributed by atoms with Crippen LogP contribution in [0.3, 0.4) is 0 Å². The Kier molecular flexibility index (Phi) is 4.84. The lowest BCUT2D eigenvalue weighted by Crippen LogP contribution is -2.39. The van der Waals surface area contributed by atoms with E-state index in [1.54, 1.807) is 23.1 Å². The number of rotatable bonds is 3. The molecule has 1 aliphatic rings. The van der Waals surface area contributed by atoms with Gasteiger partial charge in [-0.3, -0.25) is 4.79 Å². The number of hydrogen-bond acceptors (Lipinski definition) is 5. The summed E-state index contributed by atoms with van der Waals surface area (Å²) in [5, 5.41) is 18.7. The molecule has 6 heteroatoms. The zero-order valence-electron chi connectivity index (χ0n) is 11.5. The monoisotopic (exact) mass is 290 g/mol. The van der Waals surface area contributed by atoms with Crippen LogP contribution in [0, 0.1) is 0 Å². The van der Waals surface area contributed by atoms with Gasteiger partial charge in [0, 0.05) is 36.5 Å². The molecule has 21 heavy (non-hydrogen) atoms. The van der Waals surface area contributed by atoms with Crippen molar-refractivity contribution in [2.24, 2.45) is 0 Å². The number of ether oxygens (including phenoxy) is 1. The Morgan fingerprint density at radius 3 is 2.57 bits per heavy atom. The molecule has 0 atom stereocenters. The van der Waals surface area contributed by atoms with E-state index in [2.05, 4.69) is 0 Å². The van der Waals surface area contributed by atoms with Crippen LogP contribution in [0.25, 0.3) is 6.08 Å². The molecular weight excluding hydrogens is 272 g/mol. The number of carbonyl (C=O) groups is 1. The summed E-state index contributed by atoms with van der Waals surface area (Å²) in [6.07, 6.45) is 6.39. The number of nitrogens with zero attached hydrogens (tertiary/aromatic N) is 1. The minimum Gasteiger partial charge on any atom is -0.504 e. The first-order chi connectivity index (χ1) is 10.1. The Morgan fingerprint density at radius 2 is 1.86 bits per heavy atom. The maximum absolute atomic E-state index is 11.8. The highest BCUT2D eigenvalue weighted by Gasteiger charge is 2.13. The molecule has 0 aromatic heterocycles. The van der Waals surface area contributed by atoms with Crippen molar-refractivity contribution in [2.45, 2.75) is 0 Å². The number of hydrogen-bond donors (Lipinski definition) is 3. The first kappa shape index (κ1) is 14.9. The van der Waals surface area contributed by atoms with Gasteiger partial charge in [-0.25, -0.2) is 0 Å². The first-order valence-electron chi connectivity index (χ1n) is 6.61. The highest BCUT2D eigenvalue weighted by Crippen LogP contribution is 2.30. The normalized spacial score (nSPS) is 15.9. The number of nitrogens with two attached hydrogens (primary N) is 1. The zero-order chi connectivity index (χ0) is 15.2. The quantitative estimate of drug-likeness (QED) is 0.255. The van der Waals surface area contributed by atoms with Crippen LogP contribution in [0.5, 0.6) is 11.5 Å². The van der Waals surface area contributed by atoms with Crippen LogP contribution < -0.4 is 5.73 Å². The molecule has 2 rings (SSSR count). The van der Waals surface area contributed by atoms with Gasteiger partial charge in [0.1, 0.15) is 0 Å². The largest absolute Gasteiger partial charge is 0.504 e. The average molecular weight is 290 g/mol. The molecular formula is C15H18N2O4. The molecule has 1 aromatic carbocycles. The molecule has 0 spiro atoms. The maximum Gasteiger partial charge on any atom is 0.246 e. The van der Waals surface area contributed by atoms with Crippen molar-refractivity contribution < 1.29 is 19.7 Å². The summed E-state index contributed by atoms with van der Waals surface area (Å²) in [5.74, 6) is -0.565. The van der Waals surface area contributed by atoms with E-state index in [9.17, 15) is 15.0 Å².